The lowest BCUT2D eigenvalue weighted by atomic mass is 10.0. The molecule has 3 N–H and O–H groups in total. The maximum Gasteiger partial charge on any atom is 0.337 e. The number of benzene rings is 1. The summed E-state index contributed by atoms with van der Waals surface area (Å²) in [5.41, 5.74) is 3.07. The largest absolute Gasteiger partial charge is 0.478 e. The maximum absolute atomic E-state index is 11.6. The summed E-state index contributed by atoms with van der Waals surface area (Å²) in [5.74, 6) is -0.933. The van der Waals surface area contributed by atoms with Crippen molar-refractivity contribution < 1.29 is 20.1 Å². The van der Waals surface area contributed by atoms with Gasteiger partial charge in [0.25, 0.3) is 0 Å². The van der Waals surface area contributed by atoms with Crippen molar-refractivity contribution in [1.29, 1.82) is 0 Å². The summed E-state index contributed by atoms with van der Waals surface area (Å²) in [6.45, 7) is 2.77. The summed E-state index contributed by atoms with van der Waals surface area (Å²) in [6.07, 6.45) is 4.68. The fraction of sp³-hybridized carbons (Fsp3) is 0.471. The van der Waals surface area contributed by atoms with Crippen molar-refractivity contribution in [2.24, 2.45) is 0 Å². The highest BCUT2D eigenvalue weighted by molar-refractivity contribution is 6.03. The molecule has 0 bridgehead atoms. The summed E-state index contributed by atoms with van der Waals surface area (Å²) in [7, 11) is 0. The van der Waals surface area contributed by atoms with E-state index in [-0.39, 0.29) is 13.2 Å². The van der Waals surface area contributed by atoms with Gasteiger partial charge >= 0.3 is 5.97 Å². The highest BCUT2D eigenvalue weighted by Crippen LogP contribution is 2.28. The molecule has 0 unspecified atom stereocenters. The molecule has 0 aliphatic carbocycles. The van der Waals surface area contributed by atoms with Gasteiger partial charge in [0, 0.05) is 31.3 Å². The molecular weight excluding hydrogens is 282 g/mol. The topological polar surface area (TPSA) is 82.7 Å². The highest BCUT2D eigenvalue weighted by atomic mass is 16.4. The Morgan fingerprint density at radius 3 is 2.50 bits per heavy atom. The van der Waals surface area contributed by atoms with E-state index in [1.54, 1.807) is 6.07 Å². The first kappa shape index (κ1) is 16.5. The monoisotopic (exact) mass is 305 g/mol. The van der Waals surface area contributed by atoms with Gasteiger partial charge in [-0.1, -0.05) is 6.92 Å². The Kier molecular flexibility index (Phi) is 5.57. The fourth-order valence-corrected chi connectivity index (χ4v) is 2.82. The van der Waals surface area contributed by atoms with Crippen LogP contribution in [0.5, 0.6) is 0 Å². The molecule has 0 spiro atoms. The minimum Gasteiger partial charge on any atom is -0.478 e. The molecular formula is C17H23NO4. The van der Waals surface area contributed by atoms with Gasteiger partial charge in [0.2, 0.25) is 0 Å². The Morgan fingerprint density at radius 2 is 1.91 bits per heavy atom. The number of hydrogen-bond acceptors (Lipinski definition) is 3. The van der Waals surface area contributed by atoms with Gasteiger partial charge in [-0.3, -0.25) is 0 Å². The Labute approximate surface area is 129 Å². The second-order valence-electron chi connectivity index (χ2n) is 5.45. The zero-order chi connectivity index (χ0) is 16.1. The van der Waals surface area contributed by atoms with E-state index in [9.17, 15) is 9.90 Å². The fourth-order valence-electron chi connectivity index (χ4n) is 2.82. The molecule has 2 rings (SSSR count). The number of nitrogens with zero attached hydrogens (tertiary/aromatic N) is 1. The van der Waals surface area contributed by atoms with Crippen molar-refractivity contribution in [3.8, 4) is 0 Å². The highest BCUT2D eigenvalue weighted by Gasteiger charge is 2.17. The van der Waals surface area contributed by atoms with Crippen molar-refractivity contribution in [2.45, 2.75) is 39.2 Å². The predicted octanol–water partition coefficient (Wildman–Crippen LogP) is 2.21. The van der Waals surface area contributed by atoms with E-state index in [0.717, 1.165) is 22.9 Å². The summed E-state index contributed by atoms with van der Waals surface area (Å²) >= 11 is 0. The molecule has 22 heavy (non-hydrogen) atoms. The molecule has 0 saturated carbocycles. The number of aliphatic hydroxyl groups excluding tert-OH is 2. The minimum atomic E-state index is -0.933. The van der Waals surface area contributed by atoms with Crippen molar-refractivity contribution in [3.05, 3.63) is 35.0 Å². The van der Waals surface area contributed by atoms with Crippen LogP contribution in [0.4, 0.5) is 0 Å². The average molecular weight is 305 g/mol. The molecule has 1 aromatic heterocycles. The first-order valence-electron chi connectivity index (χ1n) is 7.72. The lowest BCUT2D eigenvalue weighted by Crippen LogP contribution is -2.05. The summed E-state index contributed by atoms with van der Waals surface area (Å²) in [4.78, 5) is 11.6. The Balaban J connectivity index is 2.64. The van der Waals surface area contributed by atoms with Gasteiger partial charge in [0.1, 0.15) is 0 Å². The first-order chi connectivity index (χ1) is 10.6. The van der Waals surface area contributed by atoms with Crippen LogP contribution in [0.25, 0.3) is 10.9 Å². The number of aromatic nitrogens is 1. The van der Waals surface area contributed by atoms with Crippen LogP contribution >= 0.6 is 0 Å². The van der Waals surface area contributed by atoms with E-state index in [2.05, 4.69) is 0 Å². The predicted molar refractivity (Wildman–Crippen MR) is 85.4 cm³/mol. The number of carbonyl (C=O) groups is 1. The van der Waals surface area contributed by atoms with Crippen molar-refractivity contribution in [1.82, 2.24) is 4.57 Å². The zero-order valence-corrected chi connectivity index (χ0v) is 12.9. The third kappa shape index (κ3) is 3.31. The Bertz CT molecular complexity index is 660. The molecule has 2 aromatic rings. The number of carboxylic acid groups (broad SMARTS) is 1. The number of aromatic carboxylic acids is 1. The number of aryl methyl sites for hydroxylation is 3. The lowest BCUT2D eigenvalue weighted by molar-refractivity contribution is 0.0698. The molecule has 1 heterocycles. The zero-order valence-electron chi connectivity index (χ0n) is 12.9. The van der Waals surface area contributed by atoms with Crippen LogP contribution < -0.4 is 0 Å². The second kappa shape index (κ2) is 7.42. The van der Waals surface area contributed by atoms with Crippen LogP contribution in [0.15, 0.2) is 18.3 Å². The molecule has 5 nitrogen and oxygen atoms in total. The number of aliphatic hydroxyl groups is 2. The summed E-state index contributed by atoms with van der Waals surface area (Å²) < 4.78 is 1.92. The van der Waals surface area contributed by atoms with Gasteiger partial charge in [0.15, 0.2) is 0 Å². The van der Waals surface area contributed by atoms with Crippen LogP contribution in [-0.2, 0) is 19.4 Å². The van der Waals surface area contributed by atoms with Crippen LogP contribution in [0.3, 0.4) is 0 Å². The molecule has 0 atom stereocenters. The number of hydrogen-bond donors (Lipinski definition) is 3. The van der Waals surface area contributed by atoms with Gasteiger partial charge in [-0.05, 0) is 48.9 Å². The Hall–Kier alpha value is -1.85. The molecule has 0 radical (unpaired) electrons. The summed E-state index contributed by atoms with van der Waals surface area (Å²) in [5, 5.41) is 28.6. The van der Waals surface area contributed by atoms with E-state index in [0.29, 0.717) is 36.9 Å². The van der Waals surface area contributed by atoms with E-state index in [1.165, 1.54) is 0 Å². The first-order valence-corrected chi connectivity index (χ1v) is 7.72. The molecule has 0 saturated heterocycles. The van der Waals surface area contributed by atoms with Crippen molar-refractivity contribution in [3.63, 3.8) is 0 Å². The lowest BCUT2D eigenvalue weighted by Gasteiger charge is -2.08. The van der Waals surface area contributed by atoms with Crippen LogP contribution in [-0.4, -0.2) is 39.1 Å². The maximum atomic E-state index is 11.6. The van der Waals surface area contributed by atoms with E-state index in [1.807, 2.05) is 23.8 Å². The number of fused-ring (bicyclic) bond motifs is 1. The average Bonchev–Trinajstić information content (AvgIpc) is 2.87. The van der Waals surface area contributed by atoms with Crippen LogP contribution in [0, 0.1) is 0 Å². The minimum absolute atomic E-state index is 0.0705. The third-order valence-electron chi connectivity index (χ3n) is 3.91. The van der Waals surface area contributed by atoms with Crippen molar-refractivity contribution >= 4 is 16.9 Å². The second-order valence-corrected chi connectivity index (χ2v) is 5.45. The molecule has 0 aliphatic rings. The quantitative estimate of drug-likeness (QED) is 0.698. The standard InChI is InChI=1S/C17H23NO4/c1-2-12-9-14-13(5-3-7-19)11-18(6-4-8-20)16(14)15(10-12)17(21)22/h9-11,19-20H,2-8H2,1H3,(H,21,22). The smallest absolute Gasteiger partial charge is 0.337 e. The van der Waals surface area contributed by atoms with Gasteiger partial charge in [0.05, 0.1) is 11.1 Å². The van der Waals surface area contributed by atoms with Crippen LogP contribution in [0.2, 0.25) is 0 Å². The SMILES string of the molecule is CCc1cc(C(=O)O)c2c(c1)c(CCCO)cn2CCCO. The van der Waals surface area contributed by atoms with Crippen LogP contribution in [0.1, 0.15) is 41.3 Å². The van der Waals surface area contributed by atoms with Gasteiger partial charge in [-0.2, -0.15) is 0 Å². The van der Waals surface area contributed by atoms with Crippen molar-refractivity contribution in [2.75, 3.05) is 13.2 Å². The number of rotatable bonds is 8. The number of carboxylic acids is 1. The third-order valence-corrected chi connectivity index (χ3v) is 3.91. The van der Waals surface area contributed by atoms with E-state index >= 15 is 0 Å². The van der Waals surface area contributed by atoms with Gasteiger partial charge < -0.3 is 19.9 Å². The molecule has 5 heteroatoms. The molecule has 0 amide bonds. The van der Waals surface area contributed by atoms with Gasteiger partial charge in [-0.15, -0.1) is 0 Å². The normalized spacial score (nSPS) is 11.2. The summed E-state index contributed by atoms with van der Waals surface area (Å²) in [6, 6.07) is 3.78. The Morgan fingerprint density at radius 1 is 1.18 bits per heavy atom. The molecule has 0 fully saturated rings. The molecule has 1 aromatic carbocycles. The van der Waals surface area contributed by atoms with E-state index in [4.69, 9.17) is 10.2 Å². The van der Waals surface area contributed by atoms with E-state index < -0.39 is 5.97 Å². The molecule has 0 aliphatic heterocycles. The van der Waals surface area contributed by atoms with Gasteiger partial charge in [-0.25, -0.2) is 4.79 Å². The molecule has 120 valence electrons.